The number of hydrogen-bond acceptors (Lipinski definition) is 5. The highest BCUT2D eigenvalue weighted by atomic mass is 32.1. The second-order valence-electron chi connectivity index (χ2n) is 5.94. The van der Waals surface area contributed by atoms with Gasteiger partial charge in [-0.05, 0) is 25.5 Å². The molecular weight excluding hydrogens is 324 g/mol. The molecule has 0 heterocycles. The van der Waals surface area contributed by atoms with Gasteiger partial charge in [0.25, 0.3) is 0 Å². The number of ether oxygens (including phenoxy) is 4. The molecule has 0 aliphatic carbocycles. The largest absolute Gasteiger partial charge is 0.379 e. The average molecular weight is 365 g/mol. The summed E-state index contributed by atoms with van der Waals surface area (Å²) in [5, 5.41) is 0. The Balaban J connectivity index is 2.93. The number of thiol groups is 1. The van der Waals surface area contributed by atoms with Crippen LogP contribution >= 0.6 is 12.6 Å². The van der Waals surface area contributed by atoms with E-state index in [0.29, 0.717) is 39.6 Å². The summed E-state index contributed by atoms with van der Waals surface area (Å²) in [6, 6.07) is 0. The maximum absolute atomic E-state index is 5.57. The minimum Gasteiger partial charge on any atom is -0.379 e. The molecule has 0 radical (unpaired) electrons. The van der Waals surface area contributed by atoms with E-state index in [4.69, 9.17) is 18.9 Å². The molecule has 0 unspecified atom stereocenters. The summed E-state index contributed by atoms with van der Waals surface area (Å²) in [5.74, 6) is 1.04. The van der Waals surface area contributed by atoms with Gasteiger partial charge in [-0.15, -0.1) is 0 Å². The van der Waals surface area contributed by atoms with E-state index >= 15 is 0 Å². The van der Waals surface area contributed by atoms with Gasteiger partial charge in [0.15, 0.2) is 0 Å². The van der Waals surface area contributed by atoms with Crippen LogP contribution in [0.3, 0.4) is 0 Å². The molecule has 24 heavy (non-hydrogen) atoms. The SMILES string of the molecule is CCOCCOCCOCCOCCCCCCCCCCCS. The summed E-state index contributed by atoms with van der Waals surface area (Å²) in [4.78, 5) is 0. The van der Waals surface area contributed by atoms with Gasteiger partial charge in [-0.2, -0.15) is 12.6 Å². The van der Waals surface area contributed by atoms with E-state index in [-0.39, 0.29) is 0 Å². The Morgan fingerprint density at radius 3 is 1.29 bits per heavy atom. The molecule has 0 spiro atoms. The van der Waals surface area contributed by atoms with Gasteiger partial charge in [0.2, 0.25) is 0 Å². The van der Waals surface area contributed by atoms with Crippen LogP contribution in [0.4, 0.5) is 0 Å². The number of hydrogen-bond donors (Lipinski definition) is 1. The Hall–Kier alpha value is 0.190. The molecule has 0 aliphatic rings. The van der Waals surface area contributed by atoms with Gasteiger partial charge in [0.05, 0.1) is 39.6 Å². The first-order chi connectivity index (χ1) is 11.9. The van der Waals surface area contributed by atoms with Crippen molar-refractivity contribution in [2.75, 3.05) is 58.6 Å². The predicted molar refractivity (Wildman–Crippen MR) is 104 cm³/mol. The fourth-order valence-electron chi connectivity index (χ4n) is 2.36. The van der Waals surface area contributed by atoms with Crippen molar-refractivity contribution >= 4 is 12.6 Å². The lowest BCUT2D eigenvalue weighted by Crippen LogP contribution is -2.12. The van der Waals surface area contributed by atoms with Crippen molar-refractivity contribution in [1.82, 2.24) is 0 Å². The third-order valence-corrected chi connectivity index (χ3v) is 4.08. The predicted octanol–water partition coefficient (Wildman–Crippen LogP) is 4.51. The van der Waals surface area contributed by atoms with E-state index in [9.17, 15) is 0 Å². The van der Waals surface area contributed by atoms with Crippen LogP contribution in [0, 0.1) is 0 Å². The number of rotatable bonds is 21. The van der Waals surface area contributed by atoms with Crippen LogP contribution in [0.2, 0.25) is 0 Å². The molecule has 4 nitrogen and oxygen atoms in total. The molecule has 0 aromatic heterocycles. The second kappa shape index (κ2) is 23.2. The van der Waals surface area contributed by atoms with Gasteiger partial charge in [0, 0.05) is 13.2 Å². The molecule has 0 aromatic carbocycles. The van der Waals surface area contributed by atoms with Crippen LogP contribution in [-0.2, 0) is 18.9 Å². The zero-order valence-electron chi connectivity index (χ0n) is 15.8. The van der Waals surface area contributed by atoms with Crippen molar-refractivity contribution in [1.29, 1.82) is 0 Å². The van der Waals surface area contributed by atoms with Gasteiger partial charge in [-0.25, -0.2) is 0 Å². The van der Waals surface area contributed by atoms with E-state index in [0.717, 1.165) is 19.0 Å². The van der Waals surface area contributed by atoms with Crippen molar-refractivity contribution in [2.45, 2.75) is 64.7 Å². The van der Waals surface area contributed by atoms with Crippen LogP contribution < -0.4 is 0 Å². The first kappa shape index (κ1) is 24.2. The Labute approximate surface area is 155 Å². The van der Waals surface area contributed by atoms with E-state index in [1.54, 1.807) is 0 Å². The highest BCUT2D eigenvalue weighted by molar-refractivity contribution is 7.80. The standard InChI is InChI=1S/C19H40O4S/c1-2-20-13-14-22-17-18-23-16-15-21-12-10-8-6-4-3-5-7-9-11-19-24/h24H,2-19H2,1H3. The fraction of sp³-hybridized carbons (Fsp3) is 1.00. The van der Waals surface area contributed by atoms with Crippen LogP contribution in [0.15, 0.2) is 0 Å². The van der Waals surface area contributed by atoms with Crippen LogP contribution in [0.1, 0.15) is 64.7 Å². The van der Waals surface area contributed by atoms with E-state index < -0.39 is 0 Å². The molecule has 0 amide bonds. The quantitative estimate of drug-likeness (QED) is 0.240. The Bertz CT molecular complexity index is 196. The highest BCUT2D eigenvalue weighted by Crippen LogP contribution is 2.09. The molecule has 0 aliphatic heterocycles. The summed E-state index contributed by atoms with van der Waals surface area (Å²) in [6.45, 7) is 7.48. The lowest BCUT2D eigenvalue weighted by molar-refractivity contribution is -0.000841. The van der Waals surface area contributed by atoms with Crippen LogP contribution in [-0.4, -0.2) is 58.6 Å². The molecule has 0 atom stereocenters. The van der Waals surface area contributed by atoms with Crippen molar-refractivity contribution in [2.24, 2.45) is 0 Å². The maximum Gasteiger partial charge on any atom is 0.0701 e. The summed E-state index contributed by atoms with van der Waals surface area (Å²) in [6.07, 6.45) is 11.9. The Morgan fingerprint density at radius 2 is 0.833 bits per heavy atom. The maximum atomic E-state index is 5.57. The van der Waals surface area contributed by atoms with Gasteiger partial charge in [-0.1, -0.05) is 44.9 Å². The molecule has 146 valence electrons. The van der Waals surface area contributed by atoms with E-state index in [1.807, 2.05) is 6.92 Å². The Morgan fingerprint density at radius 1 is 0.458 bits per heavy atom. The average Bonchev–Trinajstić information content (AvgIpc) is 2.60. The molecular formula is C19H40O4S. The minimum absolute atomic E-state index is 0.627. The molecule has 0 rings (SSSR count). The fourth-order valence-corrected chi connectivity index (χ4v) is 2.58. The number of unbranched alkanes of at least 4 members (excludes halogenated alkanes) is 8. The van der Waals surface area contributed by atoms with Crippen molar-refractivity contribution in [3.05, 3.63) is 0 Å². The minimum atomic E-state index is 0.627. The van der Waals surface area contributed by atoms with E-state index in [1.165, 1.54) is 57.8 Å². The second-order valence-corrected chi connectivity index (χ2v) is 6.39. The van der Waals surface area contributed by atoms with E-state index in [2.05, 4.69) is 12.6 Å². The topological polar surface area (TPSA) is 36.9 Å². The smallest absolute Gasteiger partial charge is 0.0701 e. The van der Waals surface area contributed by atoms with Crippen LogP contribution in [0.25, 0.3) is 0 Å². The summed E-state index contributed by atoms with van der Waals surface area (Å²) >= 11 is 4.23. The zero-order chi connectivity index (χ0) is 17.6. The van der Waals surface area contributed by atoms with Gasteiger partial charge < -0.3 is 18.9 Å². The van der Waals surface area contributed by atoms with Gasteiger partial charge in [0.1, 0.15) is 0 Å². The summed E-state index contributed by atoms with van der Waals surface area (Å²) in [7, 11) is 0. The third kappa shape index (κ3) is 22.2. The van der Waals surface area contributed by atoms with Gasteiger partial charge >= 0.3 is 0 Å². The zero-order valence-corrected chi connectivity index (χ0v) is 16.7. The first-order valence-electron chi connectivity index (χ1n) is 9.83. The first-order valence-corrected chi connectivity index (χ1v) is 10.5. The third-order valence-electron chi connectivity index (χ3n) is 3.77. The lowest BCUT2D eigenvalue weighted by Gasteiger charge is -2.07. The molecule has 0 N–H and O–H groups in total. The monoisotopic (exact) mass is 364 g/mol. The van der Waals surface area contributed by atoms with Crippen molar-refractivity contribution in [3.8, 4) is 0 Å². The molecule has 0 saturated carbocycles. The van der Waals surface area contributed by atoms with Crippen LogP contribution in [0.5, 0.6) is 0 Å². The molecule has 0 fully saturated rings. The van der Waals surface area contributed by atoms with Gasteiger partial charge in [-0.3, -0.25) is 0 Å². The normalized spacial score (nSPS) is 11.2. The van der Waals surface area contributed by atoms with Crippen molar-refractivity contribution < 1.29 is 18.9 Å². The summed E-state index contributed by atoms with van der Waals surface area (Å²) < 4.78 is 21.6. The Kier molecular flexibility index (Phi) is 23.4. The molecule has 5 heteroatoms. The molecule has 0 saturated heterocycles. The molecule has 0 bridgehead atoms. The lowest BCUT2D eigenvalue weighted by atomic mass is 10.1. The van der Waals surface area contributed by atoms with Crippen molar-refractivity contribution in [3.63, 3.8) is 0 Å². The molecule has 0 aromatic rings. The summed E-state index contributed by atoms with van der Waals surface area (Å²) in [5.41, 5.74) is 0. The highest BCUT2D eigenvalue weighted by Gasteiger charge is 1.94.